The summed E-state index contributed by atoms with van der Waals surface area (Å²) in [4.78, 5) is 13.3. The van der Waals surface area contributed by atoms with Gasteiger partial charge in [0.05, 0.1) is 0 Å². The fourth-order valence-electron chi connectivity index (χ4n) is 0.887. The number of likely N-dealkylation sites (N-methyl/N-ethyl adjacent to an activating group) is 1. The van der Waals surface area contributed by atoms with Gasteiger partial charge in [0.25, 0.3) is 0 Å². The highest BCUT2D eigenvalue weighted by atomic mass is 16.2. The Morgan fingerprint density at radius 1 is 1.54 bits per heavy atom. The summed E-state index contributed by atoms with van der Waals surface area (Å²) in [5.41, 5.74) is 0. The summed E-state index contributed by atoms with van der Waals surface area (Å²) < 4.78 is 0. The second kappa shape index (κ2) is 4.46. The number of urea groups is 1. The maximum absolute atomic E-state index is 11.2. The van der Waals surface area contributed by atoms with Crippen molar-refractivity contribution in [2.75, 3.05) is 20.6 Å². The quantitative estimate of drug-likeness (QED) is 0.666. The Morgan fingerprint density at radius 2 is 2.15 bits per heavy atom. The molecule has 2 amide bonds. The second-order valence-corrected chi connectivity index (χ2v) is 3.94. The molecule has 0 bridgehead atoms. The van der Waals surface area contributed by atoms with E-state index < -0.39 is 0 Å². The molecule has 4 heteroatoms. The van der Waals surface area contributed by atoms with Crippen LogP contribution in [0.3, 0.4) is 0 Å². The average Bonchev–Trinajstić information content (AvgIpc) is 2.83. The summed E-state index contributed by atoms with van der Waals surface area (Å²) in [6.45, 7) is 2.78. The van der Waals surface area contributed by atoms with E-state index in [0.717, 1.165) is 12.8 Å². The Kier molecular flexibility index (Phi) is 3.54. The van der Waals surface area contributed by atoms with Crippen LogP contribution >= 0.6 is 0 Å². The van der Waals surface area contributed by atoms with E-state index in [9.17, 15) is 4.79 Å². The minimum absolute atomic E-state index is 0.0313. The van der Waals surface area contributed by atoms with E-state index in [0.29, 0.717) is 18.6 Å². The highest BCUT2D eigenvalue weighted by Crippen LogP contribution is 2.18. The van der Waals surface area contributed by atoms with Crippen molar-refractivity contribution in [3.05, 3.63) is 0 Å². The zero-order chi connectivity index (χ0) is 9.84. The molecule has 0 heterocycles. The molecule has 0 radical (unpaired) electrons. The van der Waals surface area contributed by atoms with Gasteiger partial charge in [-0.05, 0) is 33.9 Å². The minimum atomic E-state index is -0.0313. The molecule has 0 aromatic carbocycles. The predicted octanol–water partition coefficient (Wildman–Crippen LogP) is 0.398. The van der Waals surface area contributed by atoms with Crippen molar-refractivity contribution in [1.29, 1.82) is 0 Å². The highest BCUT2D eigenvalue weighted by Gasteiger charge is 2.23. The molecule has 13 heavy (non-hydrogen) atoms. The lowest BCUT2D eigenvalue weighted by Gasteiger charge is -2.19. The lowest BCUT2D eigenvalue weighted by atomic mass is 10.3. The number of nitrogens with one attached hydrogen (secondary N) is 2. The van der Waals surface area contributed by atoms with Gasteiger partial charge in [-0.15, -0.1) is 0 Å². The van der Waals surface area contributed by atoms with Gasteiger partial charge >= 0.3 is 6.03 Å². The fourth-order valence-corrected chi connectivity index (χ4v) is 0.887. The maximum atomic E-state index is 11.2. The molecular weight excluding hydrogens is 166 g/mol. The molecule has 0 aromatic rings. The molecule has 1 aliphatic rings. The molecular formula is C9H19N3O. The minimum Gasteiger partial charge on any atom is -0.337 e. The SMILES string of the molecule is CC(CNC(=O)NC1CC1)N(C)C. The van der Waals surface area contributed by atoms with Gasteiger partial charge in [-0.25, -0.2) is 4.79 Å². The Balaban J connectivity index is 2.06. The van der Waals surface area contributed by atoms with E-state index in [2.05, 4.69) is 22.5 Å². The Morgan fingerprint density at radius 3 is 2.62 bits per heavy atom. The summed E-state index contributed by atoms with van der Waals surface area (Å²) in [6.07, 6.45) is 2.27. The average molecular weight is 185 g/mol. The third-order valence-electron chi connectivity index (χ3n) is 2.35. The zero-order valence-electron chi connectivity index (χ0n) is 8.63. The van der Waals surface area contributed by atoms with E-state index in [1.165, 1.54) is 0 Å². The molecule has 1 unspecified atom stereocenters. The van der Waals surface area contributed by atoms with Crippen molar-refractivity contribution >= 4 is 6.03 Å². The van der Waals surface area contributed by atoms with Crippen LogP contribution in [0.2, 0.25) is 0 Å². The Bertz CT molecular complexity index is 178. The summed E-state index contributed by atoms with van der Waals surface area (Å²) >= 11 is 0. The van der Waals surface area contributed by atoms with Gasteiger partial charge in [-0.2, -0.15) is 0 Å². The molecule has 4 nitrogen and oxygen atoms in total. The molecule has 0 spiro atoms. The number of amides is 2. The molecule has 1 atom stereocenters. The van der Waals surface area contributed by atoms with Crippen LogP contribution in [-0.2, 0) is 0 Å². The second-order valence-electron chi connectivity index (χ2n) is 3.94. The highest BCUT2D eigenvalue weighted by molar-refractivity contribution is 5.74. The van der Waals surface area contributed by atoms with Crippen LogP contribution in [0.5, 0.6) is 0 Å². The van der Waals surface area contributed by atoms with E-state index in [4.69, 9.17) is 0 Å². The van der Waals surface area contributed by atoms with Crippen molar-refractivity contribution < 1.29 is 4.79 Å². The van der Waals surface area contributed by atoms with Crippen LogP contribution in [-0.4, -0.2) is 43.7 Å². The number of hydrogen-bond donors (Lipinski definition) is 2. The van der Waals surface area contributed by atoms with Gasteiger partial charge in [-0.1, -0.05) is 0 Å². The number of carbonyl (C=O) groups excluding carboxylic acids is 1. The van der Waals surface area contributed by atoms with Crippen molar-refractivity contribution in [2.24, 2.45) is 0 Å². The van der Waals surface area contributed by atoms with Gasteiger partial charge < -0.3 is 15.5 Å². The Labute approximate surface area is 79.7 Å². The Hall–Kier alpha value is -0.770. The first-order valence-electron chi connectivity index (χ1n) is 4.80. The first-order valence-corrected chi connectivity index (χ1v) is 4.80. The molecule has 2 N–H and O–H groups in total. The van der Waals surface area contributed by atoms with Crippen LogP contribution in [0.4, 0.5) is 4.79 Å². The molecule has 0 aromatic heterocycles. The standard InChI is InChI=1S/C9H19N3O/c1-7(12(2)3)6-10-9(13)11-8-4-5-8/h7-8H,4-6H2,1-3H3,(H2,10,11,13). The van der Waals surface area contributed by atoms with Crippen LogP contribution in [0.15, 0.2) is 0 Å². The van der Waals surface area contributed by atoms with Gasteiger partial charge in [0.15, 0.2) is 0 Å². The largest absolute Gasteiger partial charge is 0.337 e. The fraction of sp³-hybridized carbons (Fsp3) is 0.889. The molecule has 1 fully saturated rings. The van der Waals surface area contributed by atoms with E-state index in [1.807, 2.05) is 14.1 Å². The number of nitrogens with zero attached hydrogens (tertiary/aromatic N) is 1. The van der Waals surface area contributed by atoms with E-state index >= 15 is 0 Å². The van der Waals surface area contributed by atoms with Crippen LogP contribution in [0.1, 0.15) is 19.8 Å². The molecule has 1 rings (SSSR count). The van der Waals surface area contributed by atoms with Crippen LogP contribution in [0.25, 0.3) is 0 Å². The number of carbonyl (C=O) groups is 1. The molecule has 76 valence electrons. The smallest absolute Gasteiger partial charge is 0.315 e. The maximum Gasteiger partial charge on any atom is 0.315 e. The van der Waals surface area contributed by atoms with Crippen LogP contribution in [0, 0.1) is 0 Å². The van der Waals surface area contributed by atoms with Gasteiger partial charge in [-0.3, -0.25) is 0 Å². The first kappa shape index (κ1) is 10.3. The number of hydrogen-bond acceptors (Lipinski definition) is 2. The third-order valence-corrected chi connectivity index (χ3v) is 2.35. The first-order chi connectivity index (χ1) is 6.09. The summed E-state index contributed by atoms with van der Waals surface area (Å²) in [7, 11) is 4.01. The topological polar surface area (TPSA) is 44.4 Å². The molecule has 1 aliphatic carbocycles. The third kappa shape index (κ3) is 4.12. The number of rotatable bonds is 4. The molecule has 0 saturated heterocycles. The van der Waals surface area contributed by atoms with Crippen molar-refractivity contribution in [3.63, 3.8) is 0 Å². The van der Waals surface area contributed by atoms with Crippen molar-refractivity contribution in [1.82, 2.24) is 15.5 Å². The zero-order valence-corrected chi connectivity index (χ0v) is 8.63. The van der Waals surface area contributed by atoms with Crippen molar-refractivity contribution in [2.45, 2.75) is 31.8 Å². The summed E-state index contributed by atoms with van der Waals surface area (Å²) in [5.74, 6) is 0. The van der Waals surface area contributed by atoms with Gasteiger partial charge in [0, 0.05) is 18.6 Å². The lowest BCUT2D eigenvalue weighted by Crippen LogP contribution is -2.43. The summed E-state index contributed by atoms with van der Waals surface area (Å²) in [5, 5.41) is 5.72. The monoisotopic (exact) mass is 185 g/mol. The molecule has 0 aliphatic heterocycles. The summed E-state index contributed by atoms with van der Waals surface area (Å²) in [6, 6.07) is 0.788. The van der Waals surface area contributed by atoms with Crippen LogP contribution < -0.4 is 10.6 Å². The normalized spacial score (nSPS) is 18.5. The molecule has 1 saturated carbocycles. The van der Waals surface area contributed by atoms with Gasteiger partial charge in [0.1, 0.15) is 0 Å². The lowest BCUT2D eigenvalue weighted by molar-refractivity contribution is 0.234. The van der Waals surface area contributed by atoms with E-state index in [1.54, 1.807) is 0 Å². The predicted molar refractivity (Wildman–Crippen MR) is 52.7 cm³/mol. The van der Waals surface area contributed by atoms with Crippen molar-refractivity contribution in [3.8, 4) is 0 Å². The van der Waals surface area contributed by atoms with E-state index in [-0.39, 0.29) is 6.03 Å². The van der Waals surface area contributed by atoms with Gasteiger partial charge in [0.2, 0.25) is 0 Å².